The van der Waals surface area contributed by atoms with Gasteiger partial charge in [-0.3, -0.25) is 4.79 Å². The van der Waals surface area contributed by atoms with Crippen LogP contribution in [-0.4, -0.2) is 17.7 Å². The number of carbonyl (C=O) groups is 1. The second-order valence-corrected chi connectivity index (χ2v) is 3.19. The van der Waals surface area contributed by atoms with E-state index in [-0.39, 0.29) is 5.71 Å². The van der Waals surface area contributed by atoms with Crippen molar-refractivity contribution >= 4 is 11.5 Å². The Hall–Kier alpha value is -1.65. The number of alkyl halides is 3. The molecule has 0 saturated carbocycles. The molecule has 78 valence electrons. The molecule has 1 atom stereocenters. The van der Waals surface area contributed by atoms with Crippen molar-refractivity contribution in [1.29, 1.82) is 0 Å². The van der Waals surface area contributed by atoms with Crippen LogP contribution in [0, 0.1) is 5.92 Å². The van der Waals surface area contributed by atoms with Crippen LogP contribution in [0.4, 0.5) is 13.2 Å². The van der Waals surface area contributed by atoms with Crippen LogP contribution in [0.5, 0.6) is 0 Å². The normalized spacial score (nSPS) is 24.7. The van der Waals surface area contributed by atoms with Crippen LogP contribution < -0.4 is 0 Å². The van der Waals surface area contributed by atoms with Crippen LogP contribution in [0.1, 0.15) is 0 Å². The highest BCUT2D eigenvalue weighted by atomic mass is 19.4. The Morgan fingerprint density at radius 1 is 1.27 bits per heavy atom. The van der Waals surface area contributed by atoms with Gasteiger partial charge in [0, 0.05) is 6.08 Å². The number of fused-ring (bicyclic) bond motifs is 1. The summed E-state index contributed by atoms with van der Waals surface area (Å²) in [5.41, 5.74) is -0.976. The molecule has 1 aliphatic heterocycles. The third kappa shape index (κ3) is 1.77. The predicted molar refractivity (Wildman–Crippen MR) is 48.4 cm³/mol. The quantitative estimate of drug-likeness (QED) is 0.606. The van der Waals surface area contributed by atoms with Crippen LogP contribution in [0.3, 0.4) is 0 Å². The van der Waals surface area contributed by atoms with Crippen LogP contribution >= 0.6 is 0 Å². The van der Waals surface area contributed by atoms with Crippen molar-refractivity contribution in [3.8, 4) is 0 Å². The summed E-state index contributed by atoms with van der Waals surface area (Å²) >= 11 is 0. The van der Waals surface area contributed by atoms with Crippen molar-refractivity contribution in [2.75, 3.05) is 0 Å². The summed E-state index contributed by atoms with van der Waals surface area (Å²) in [6.07, 6.45) is 2.11. The van der Waals surface area contributed by atoms with Gasteiger partial charge in [0.2, 0.25) is 0 Å². The lowest BCUT2D eigenvalue weighted by atomic mass is 9.91. The number of carbonyl (C=O) groups excluding carboxylic acids is 1. The van der Waals surface area contributed by atoms with Crippen molar-refractivity contribution in [3.63, 3.8) is 0 Å². The Labute approximate surface area is 83.5 Å². The summed E-state index contributed by atoms with van der Waals surface area (Å²) < 4.78 is 36.9. The summed E-state index contributed by atoms with van der Waals surface area (Å²) in [5.74, 6) is -1.23. The topological polar surface area (TPSA) is 29.4 Å². The average molecular weight is 213 g/mol. The molecule has 2 aliphatic rings. The maximum absolute atomic E-state index is 12.3. The zero-order chi connectivity index (χ0) is 11.1. The summed E-state index contributed by atoms with van der Waals surface area (Å²) in [7, 11) is 0. The Kier molecular flexibility index (Phi) is 2.10. The van der Waals surface area contributed by atoms with Crippen molar-refractivity contribution in [3.05, 3.63) is 36.1 Å². The van der Waals surface area contributed by atoms with Crippen molar-refractivity contribution in [2.45, 2.75) is 6.18 Å². The number of rotatable bonds is 0. The number of nitrogens with zero attached hydrogens (tertiary/aromatic N) is 1. The lowest BCUT2D eigenvalue weighted by Crippen LogP contribution is -2.27. The second-order valence-electron chi connectivity index (χ2n) is 3.19. The number of halogens is 3. The van der Waals surface area contributed by atoms with Gasteiger partial charge in [0.05, 0.1) is 11.6 Å². The molecular weight excluding hydrogens is 207 g/mol. The summed E-state index contributed by atoms with van der Waals surface area (Å²) in [6.45, 7) is 0. The molecule has 0 fully saturated rings. The first-order valence-corrected chi connectivity index (χ1v) is 4.24. The largest absolute Gasteiger partial charge is 0.433 e. The maximum Gasteiger partial charge on any atom is 0.433 e. The molecule has 5 heteroatoms. The molecule has 2 nitrogen and oxygen atoms in total. The van der Waals surface area contributed by atoms with E-state index in [1.54, 1.807) is 12.2 Å². The van der Waals surface area contributed by atoms with E-state index < -0.39 is 23.6 Å². The number of hydrogen-bond acceptors (Lipinski definition) is 2. The zero-order valence-electron chi connectivity index (χ0n) is 7.45. The van der Waals surface area contributed by atoms with Gasteiger partial charge in [-0.2, -0.15) is 13.2 Å². The standard InChI is InChI=1S/C10H6F3NO/c11-10(12,13)9-5-8(15)6-3-1-2-4-7(6)14-9/h1-6H. The molecule has 1 heterocycles. The van der Waals surface area contributed by atoms with Gasteiger partial charge in [-0.1, -0.05) is 18.2 Å². The van der Waals surface area contributed by atoms with Crippen LogP contribution in [-0.2, 0) is 4.79 Å². The molecule has 0 amide bonds. The summed E-state index contributed by atoms with van der Waals surface area (Å²) in [4.78, 5) is 14.8. The third-order valence-corrected chi connectivity index (χ3v) is 2.13. The summed E-state index contributed by atoms with van der Waals surface area (Å²) in [5, 5.41) is 0. The Balaban J connectivity index is 2.42. The molecule has 0 spiro atoms. The molecule has 0 bridgehead atoms. The first-order valence-electron chi connectivity index (χ1n) is 4.24. The molecule has 0 saturated heterocycles. The molecule has 0 aromatic carbocycles. The highest BCUT2D eigenvalue weighted by Gasteiger charge is 2.38. The first-order chi connectivity index (χ1) is 6.98. The highest BCUT2D eigenvalue weighted by molar-refractivity contribution is 6.18. The average Bonchev–Trinajstić information content (AvgIpc) is 2.16. The summed E-state index contributed by atoms with van der Waals surface area (Å²) in [6, 6.07) is 0. The fourth-order valence-electron chi connectivity index (χ4n) is 1.42. The first kappa shape index (κ1) is 9.89. The van der Waals surface area contributed by atoms with Crippen molar-refractivity contribution < 1.29 is 18.0 Å². The van der Waals surface area contributed by atoms with Gasteiger partial charge in [0.25, 0.3) is 0 Å². The predicted octanol–water partition coefficient (Wildman–Crippen LogP) is 2.20. The molecule has 0 aromatic heterocycles. The minimum atomic E-state index is -4.57. The molecule has 1 unspecified atom stereocenters. The fourth-order valence-corrected chi connectivity index (χ4v) is 1.42. The molecular formula is C10H6F3NO. The lowest BCUT2D eigenvalue weighted by molar-refractivity contribution is -0.117. The van der Waals surface area contributed by atoms with E-state index in [9.17, 15) is 18.0 Å². The van der Waals surface area contributed by atoms with Crippen LogP contribution in [0.25, 0.3) is 0 Å². The Bertz CT molecular complexity index is 426. The van der Waals surface area contributed by atoms with Gasteiger partial charge in [-0.05, 0) is 6.08 Å². The highest BCUT2D eigenvalue weighted by Crippen LogP contribution is 2.31. The smallest absolute Gasteiger partial charge is 0.294 e. The van der Waals surface area contributed by atoms with Crippen LogP contribution in [0.15, 0.2) is 41.1 Å². The minimum absolute atomic E-state index is 0.150. The van der Waals surface area contributed by atoms with Gasteiger partial charge in [0.15, 0.2) is 5.78 Å². The number of allylic oxidation sites excluding steroid dienone is 6. The fraction of sp³-hybridized carbons (Fsp3) is 0.200. The van der Waals surface area contributed by atoms with E-state index in [1.165, 1.54) is 12.2 Å². The van der Waals surface area contributed by atoms with E-state index >= 15 is 0 Å². The van der Waals surface area contributed by atoms with Gasteiger partial charge in [-0.25, -0.2) is 4.99 Å². The zero-order valence-corrected chi connectivity index (χ0v) is 7.45. The number of hydrogen-bond donors (Lipinski definition) is 0. The van der Waals surface area contributed by atoms with E-state index in [0.29, 0.717) is 6.08 Å². The van der Waals surface area contributed by atoms with E-state index in [4.69, 9.17) is 0 Å². The van der Waals surface area contributed by atoms with Crippen LogP contribution in [0.2, 0.25) is 0 Å². The van der Waals surface area contributed by atoms with E-state index in [1.807, 2.05) is 0 Å². The third-order valence-electron chi connectivity index (χ3n) is 2.13. The molecule has 2 rings (SSSR count). The van der Waals surface area contributed by atoms with Gasteiger partial charge >= 0.3 is 6.18 Å². The Morgan fingerprint density at radius 3 is 2.67 bits per heavy atom. The van der Waals surface area contributed by atoms with Gasteiger partial charge in [0.1, 0.15) is 5.70 Å². The van der Waals surface area contributed by atoms with E-state index in [2.05, 4.69) is 4.99 Å². The van der Waals surface area contributed by atoms with Gasteiger partial charge < -0.3 is 0 Å². The van der Waals surface area contributed by atoms with E-state index in [0.717, 1.165) is 0 Å². The molecule has 0 aromatic rings. The molecule has 15 heavy (non-hydrogen) atoms. The number of ketones is 1. The lowest BCUT2D eigenvalue weighted by Gasteiger charge is -2.19. The van der Waals surface area contributed by atoms with Gasteiger partial charge in [-0.15, -0.1) is 0 Å². The molecule has 0 N–H and O–H groups in total. The molecule has 0 radical (unpaired) electrons. The van der Waals surface area contributed by atoms with Crippen molar-refractivity contribution in [1.82, 2.24) is 0 Å². The second kappa shape index (κ2) is 3.18. The maximum atomic E-state index is 12.3. The Morgan fingerprint density at radius 2 is 2.00 bits per heavy atom. The monoisotopic (exact) mass is 213 g/mol. The minimum Gasteiger partial charge on any atom is -0.294 e. The number of aliphatic imine (C=N–C) groups is 1. The SMILES string of the molecule is O=C1C=C(C(F)(F)F)N=C2C=CC=CC12. The molecule has 1 aliphatic carbocycles. The van der Waals surface area contributed by atoms with Crippen molar-refractivity contribution in [2.24, 2.45) is 10.9 Å².